The third kappa shape index (κ3) is 1.90. The van der Waals surface area contributed by atoms with Crippen molar-refractivity contribution in [1.82, 2.24) is 4.98 Å². The summed E-state index contributed by atoms with van der Waals surface area (Å²) in [5.74, 6) is 0. The molecule has 0 aliphatic heterocycles. The van der Waals surface area contributed by atoms with Gasteiger partial charge in [-0.05, 0) is 12.8 Å². The molecule has 1 aromatic heterocycles. The summed E-state index contributed by atoms with van der Waals surface area (Å²) in [6.45, 7) is 0.741. The van der Waals surface area contributed by atoms with E-state index in [1.807, 2.05) is 0 Å². The second-order valence-corrected chi connectivity index (χ2v) is 4.47. The largest absolute Gasteiger partial charge is 0.384 e. The molecule has 1 aliphatic rings. The molecule has 0 atom stereocenters. The number of ether oxygens (including phenoxy) is 1. The van der Waals surface area contributed by atoms with E-state index >= 15 is 0 Å². The highest BCUT2D eigenvalue weighted by atomic mass is 32.1. The summed E-state index contributed by atoms with van der Waals surface area (Å²) >= 11 is 1.69. The molecule has 3 nitrogen and oxygen atoms in total. The minimum atomic E-state index is -0.0815. The average Bonchev–Trinajstić information content (AvgIpc) is 2.69. The Morgan fingerprint density at radius 1 is 1.69 bits per heavy atom. The molecule has 13 heavy (non-hydrogen) atoms. The Labute approximate surface area is 81.9 Å². The van der Waals surface area contributed by atoms with E-state index in [0.717, 1.165) is 36.6 Å². The Morgan fingerprint density at radius 2 is 2.46 bits per heavy atom. The van der Waals surface area contributed by atoms with Crippen LogP contribution in [0.25, 0.3) is 0 Å². The molecular weight excluding hydrogens is 184 g/mol. The predicted molar refractivity (Wildman–Crippen MR) is 52.8 cm³/mol. The van der Waals surface area contributed by atoms with Crippen LogP contribution >= 0.6 is 11.3 Å². The predicted octanol–water partition coefficient (Wildman–Crippen LogP) is 1.28. The van der Waals surface area contributed by atoms with E-state index < -0.39 is 0 Å². The van der Waals surface area contributed by atoms with Gasteiger partial charge in [0.15, 0.2) is 0 Å². The maximum atomic E-state index is 6.02. The number of nitrogens with zero attached hydrogens (tertiary/aromatic N) is 1. The highest BCUT2D eigenvalue weighted by Gasteiger charge is 2.42. The minimum absolute atomic E-state index is 0.0815. The van der Waals surface area contributed by atoms with Crippen molar-refractivity contribution in [2.24, 2.45) is 5.73 Å². The lowest BCUT2D eigenvalue weighted by Gasteiger charge is -2.01. The smallest absolute Gasteiger partial charge is 0.0952 e. The van der Waals surface area contributed by atoms with E-state index in [0.29, 0.717) is 0 Å². The van der Waals surface area contributed by atoms with Crippen LogP contribution < -0.4 is 5.73 Å². The fourth-order valence-electron chi connectivity index (χ4n) is 1.23. The number of nitrogens with two attached hydrogens (primary N) is 1. The van der Waals surface area contributed by atoms with Crippen molar-refractivity contribution in [2.75, 3.05) is 13.7 Å². The van der Waals surface area contributed by atoms with Gasteiger partial charge in [-0.2, -0.15) is 0 Å². The molecule has 2 N–H and O–H groups in total. The Kier molecular flexibility index (Phi) is 2.36. The maximum Gasteiger partial charge on any atom is 0.0952 e. The highest BCUT2D eigenvalue weighted by Crippen LogP contribution is 2.42. The molecule has 0 saturated heterocycles. The van der Waals surface area contributed by atoms with E-state index in [2.05, 4.69) is 10.4 Å². The SMILES string of the molecule is COCCc1nc(C2(N)CC2)cs1. The average molecular weight is 198 g/mol. The van der Waals surface area contributed by atoms with Gasteiger partial charge in [0.2, 0.25) is 0 Å². The summed E-state index contributed by atoms with van der Waals surface area (Å²) in [4.78, 5) is 4.50. The van der Waals surface area contributed by atoms with Crippen LogP contribution in [-0.4, -0.2) is 18.7 Å². The van der Waals surface area contributed by atoms with Crippen LogP contribution in [0.1, 0.15) is 23.5 Å². The van der Waals surface area contributed by atoms with Crippen LogP contribution in [0.4, 0.5) is 0 Å². The van der Waals surface area contributed by atoms with Crippen molar-refractivity contribution in [3.63, 3.8) is 0 Å². The van der Waals surface area contributed by atoms with Crippen LogP contribution in [0.5, 0.6) is 0 Å². The molecule has 1 aliphatic carbocycles. The summed E-state index contributed by atoms with van der Waals surface area (Å²) in [6, 6.07) is 0. The topological polar surface area (TPSA) is 48.1 Å². The summed E-state index contributed by atoms with van der Waals surface area (Å²) < 4.78 is 4.99. The van der Waals surface area contributed by atoms with Crippen molar-refractivity contribution in [3.05, 3.63) is 16.1 Å². The number of thiazole rings is 1. The van der Waals surface area contributed by atoms with Gasteiger partial charge in [-0.3, -0.25) is 0 Å². The molecular formula is C9H14N2OS. The second kappa shape index (κ2) is 3.36. The first kappa shape index (κ1) is 9.12. The van der Waals surface area contributed by atoms with Gasteiger partial charge in [0, 0.05) is 18.9 Å². The fraction of sp³-hybridized carbons (Fsp3) is 0.667. The van der Waals surface area contributed by atoms with E-state index in [9.17, 15) is 0 Å². The molecule has 1 fully saturated rings. The van der Waals surface area contributed by atoms with Gasteiger partial charge < -0.3 is 10.5 Å². The van der Waals surface area contributed by atoms with E-state index in [-0.39, 0.29) is 5.54 Å². The normalized spacial score (nSPS) is 18.9. The van der Waals surface area contributed by atoms with Crippen LogP contribution in [0.2, 0.25) is 0 Å². The molecule has 1 aromatic rings. The van der Waals surface area contributed by atoms with Crippen molar-refractivity contribution in [2.45, 2.75) is 24.8 Å². The molecule has 0 bridgehead atoms. The number of rotatable bonds is 4. The van der Waals surface area contributed by atoms with Crippen molar-refractivity contribution < 1.29 is 4.74 Å². The standard InChI is InChI=1S/C9H14N2OS/c1-12-5-2-8-11-7(6-13-8)9(10)3-4-9/h6H,2-5,10H2,1H3. The fourth-order valence-corrected chi connectivity index (χ4v) is 2.12. The number of hydrogen-bond donors (Lipinski definition) is 1. The van der Waals surface area contributed by atoms with Gasteiger partial charge in [0.05, 0.1) is 22.8 Å². The van der Waals surface area contributed by atoms with Gasteiger partial charge in [0.1, 0.15) is 0 Å². The first-order chi connectivity index (χ1) is 6.24. The maximum absolute atomic E-state index is 6.02. The molecule has 4 heteroatoms. The number of aromatic nitrogens is 1. The summed E-state index contributed by atoms with van der Waals surface area (Å²) in [7, 11) is 1.71. The lowest BCUT2D eigenvalue weighted by molar-refractivity contribution is 0.202. The first-order valence-corrected chi connectivity index (χ1v) is 5.35. The Balaban J connectivity index is 2.01. The third-order valence-electron chi connectivity index (χ3n) is 2.37. The van der Waals surface area contributed by atoms with Gasteiger partial charge in [-0.25, -0.2) is 4.98 Å². The second-order valence-electron chi connectivity index (χ2n) is 3.53. The van der Waals surface area contributed by atoms with E-state index in [1.165, 1.54) is 0 Å². The van der Waals surface area contributed by atoms with Gasteiger partial charge >= 0.3 is 0 Å². The van der Waals surface area contributed by atoms with E-state index in [4.69, 9.17) is 10.5 Å². The zero-order chi connectivity index (χ0) is 9.31. The molecule has 0 unspecified atom stereocenters. The van der Waals surface area contributed by atoms with Crippen LogP contribution in [0.3, 0.4) is 0 Å². The molecule has 1 saturated carbocycles. The molecule has 1 heterocycles. The van der Waals surface area contributed by atoms with Gasteiger partial charge in [-0.15, -0.1) is 11.3 Å². The molecule has 72 valence electrons. The summed E-state index contributed by atoms with van der Waals surface area (Å²) in [5.41, 5.74) is 7.01. The lowest BCUT2D eigenvalue weighted by atomic mass is 10.2. The minimum Gasteiger partial charge on any atom is -0.384 e. The summed E-state index contributed by atoms with van der Waals surface area (Å²) in [5, 5.41) is 3.21. The first-order valence-electron chi connectivity index (χ1n) is 4.47. The van der Waals surface area contributed by atoms with E-state index in [1.54, 1.807) is 18.4 Å². The quantitative estimate of drug-likeness (QED) is 0.792. The van der Waals surface area contributed by atoms with Crippen LogP contribution in [0.15, 0.2) is 5.38 Å². The number of methoxy groups -OCH3 is 1. The van der Waals surface area contributed by atoms with Crippen molar-refractivity contribution in [1.29, 1.82) is 0 Å². The Hall–Kier alpha value is -0.450. The van der Waals surface area contributed by atoms with Crippen molar-refractivity contribution in [3.8, 4) is 0 Å². The molecule has 0 aromatic carbocycles. The lowest BCUT2D eigenvalue weighted by Crippen LogP contribution is -2.19. The summed E-state index contributed by atoms with van der Waals surface area (Å²) in [6.07, 6.45) is 3.07. The molecule has 2 rings (SSSR count). The number of hydrogen-bond acceptors (Lipinski definition) is 4. The molecule has 0 amide bonds. The monoisotopic (exact) mass is 198 g/mol. The zero-order valence-corrected chi connectivity index (χ0v) is 8.56. The zero-order valence-electron chi connectivity index (χ0n) is 7.75. The Bertz CT molecular complexity index is 294. The highest BCUT2D eigenvalue weighted by molar-refractivity contribution is 7.09. The Morgan fingerprint density at radius 3 is 3.08 bits per heavy atom. The van der Waals surface area contributed by atoms with Gasteiger partial charge in [-0.1, -0.05) is 0 Å². The van der Waals surface area contributed by atoms with Gasteiger partial charge in [0.25, 0.3) is 0 Å². The molecule has 0 radical (unpaired) electrons. The third-order valence-corrected chi connectivity index (χ3v) is 3.28. The van der Waals surface area contributed by atoms with Crippen molar-refractivity contribution >= 4 is 11.3 Å². The molecule has 0 spiro atoms. The van der Waals surface area contributed by atoms with Crippen LogP contribution in [0, 0.1) is 0 Å². The van der Waals surface area contributed by atoms with Crippen LogP contribution in [-0.2, 0) is 16.7 Å².